The molecule has 1 heterocycles. The van der Waals surface area contributed by atoms with E-state index in [2.05, 4.69) is 30.4 Å². The van der Waals surface area contributed by atoms with Crippen LogP contribution < -0.4 is 5.32 Å². The Labute approximate surface area is 150 Å². The molecule has 134 valence electrons. The molecule has 0 radical (unpaired) electrons. The van der Waals surface area contributed by atoms with Gasteiger partial charge in [0.1, 0.15) is 0 Å². The van der Waals surface area contributed by atoms with Gasteiger partial charge in [-0.1, -0.05) is 42.0 Å². The first kappa shape index (κ1) is 18.1. The van der Waals surface area contributed by atoms with Crippen molar-refractivity contribution in [3.05, 3.63) is 65.2 Å². The van der Waals surface area contributed by atoms with Crippen LogP contribution in [-0.4, -0.2) is 31.9 Å². The highest BCUT2D eigenvalue weighted by molar-refractivity contribution is 7.89. The normalized spacial score (nSPS) is 16.9. The monoisotopic (exact) mass is 358 g/mol. The molecule has 2 aromatic rings. The lowest BCUT2D eigenvalue weighted by molar-refractivity contribution is 0.288. The Morgan fingerprint density at radius 2 is 1.64 bits per heavy atom. The number of piperidine rings is 1. The molecule has 1 aliphatic heterocycles. The maximum Gasteiger partial charge on any atom is 0.243 e. The molecular weight excluding hydrogens is 332 g/mol. The molecule has 1 N–H and O–H groups in total. The third-order valence-corrected chi connectivity index (χ3v) is 6.87. The summed E-state index contributed by atoms with van der Waals surface area (Å²) in [6, 6.07) is 15.8. The van der Waals surface area contributed by atoms with Crippen LogP contribution in [-0.2, 0) is 16.6 Å². The van der Waals surface area contributed by atoms with E-state index in [0.29, 0.717) is 24.0 Å². The quantitative estimate of drug-likeness (QED) is 0.893. The number of nitrogens with one attached hydrogen (secondary N) is 1. The van der Waals surface area contributed by atoms with E-state index in [1.165, 1.54) is 11.1 Å². The molecule has 1 aliphatic rings. The minimum atomic E-state index is -3.37. The van der Waals surface area contributed by atoms with Gasteiger partial charge >= 0.3 is 0 Å². The summed E-state index contributed by atoms with van der Waals surface area (Å²) in [6.45, 7) is 6.06. The molecule has 0 spiro atoms. The Bertz CT molecular complexity index is 808. The van der Waals surface area contributed by atoms with E-state index in [4.69, 9.17) is 0 Å². The van der Waals surface area contributed by atoms with Crippen molar-refractivity contribution in [1.82, 2.24) is 9.62 Å². The fourth-order valence-electron chi connectivity index (χ4n) is 3.22. The summed E-state index contributed by atoms with van der Waals surface area (Å²) >= 11 is 0. The average molecular weight is 359 g/mol. The topological polar surface area (TPSA) is 49.4 Å². The number of aryl methyl sites for hydroxylation is 2. The van der Waals surface area contributed by atoms with Gasteiger partial charge in [0, 0.05) is 25.7 Å². The molecule has 25 heavy (non-hydrogen) atoms. The Morgan fingerprint density at radius 1 is 1.00 bits per heavy atom. The SMILES string of the molecule is Cc1ccc(S(=O)(=O)N2CCC(NCc3ccccc3C)CC2)cc1. The lowest BCUT2D eigenvalue weighted by Gasteiger charge is -2.32. The summed E-state index contributed by atoms with van der Waals surface area (Å²) in [5.74, 6) is 0. The van der Waals surface area contributed by atoms with Crippen LogP contribution >= 0.6 is 0 Å². The Kier molecular flexibility index (Phi) is 5.57. The number of sulfonamides is 1. The third kappa shape index (κ3) is 4.29. The summed E-state index contributed by atoms with van der Waals surface area (Å²) < 4.78 is 27.1. The van der Waals surface area contributed by atoms with Gasteiger partial charge in [-0.2, -0.15) is 4.31 Å². The van der Waals surface area contributed by atoms with Crippen LogP contribution in [0.3, 0.4) is 0 Å². The Morgan fingerprint density at radius 3 is 2.28 bits per heavy atom. The molecule has 4 nitrogen and oxygen atoms in total. The maximum absolute atomic E-state index is 12.7. The van der Waals surface area contributed by atoms with E-state index in [0.717, 1.165) is 24.9 Å². The van der Waals surface area contributed by atoms with Crippen molar-refractivity contribution in [2.45, 2.75) is 44.2 Å². The number of rotatable bonds is 5. The van der Waals surface area contributed by atoms with Gasteiger partial charge in [0.25, 0.3) is 0 Å². The molecule has 0 unspecified atom stereocenters. The van der Waals surface area contributed by atoms with Crippen molar-refractivity contribution < 1.29 is 8.42 Å². The predicted molar refractivity (Wildman–Crippen MR) is 101 cm³/mol. The highest BCUT2D eigenvalue weighted by Crippen LogP contribution is 2.21. The van der Waals surface area contributed by atoms with Crippen molar-refractivity contribution in [3.63, 3.8) is 0 Å². The number of hydrogen-bond donors (Lipinski definition) is 1. The first-order valence-corrected chi connectivity index (χ1v) is 10.3. The summed E-state index contributed by atoms with van der Waals surface area (Å²) in [5, 5.41) is 3.58. The van der Waals surface area contributed by atoms with Gasteiger partial charge in [-0.05, 0) is 49.9 Å². The van der Waals surface area contributed by atoms with Crippen LogP contribution in [0.25, 0.3) is 0 Å². The summed E-state index contributed by atoms with van der Waals surface area (Å²) in [4.78, 5) is 0.393. The van der Waals surface area contributed by atoms with Gasteiger partial charge in [-0.15, -0.1) is 0 Å². The zero-order chi connectivity index (χ0) is 17.9. The van der Waals surface area contributed by atoms with Crippen LogP contribution in [0.2, 0.25) is 0 Å². The van der Waals surface area contributed by atoms with Gasteiger partial charge in [0.05, 0.1) is 4.90 Å². The van der Waals surface area contributed by atoms with E-state index < -0.39 is 10.0 Å². The number of hydrogen-bond acceptors (Lipinski definition) is 3. The molecule has 0 atom stereocenters. The van der Waals surface area contributed by atoms with Gasteiger partial charge in [-0.25, -0.2) is 8.42 Å². The van der Waals surface area contributed by atoms with Crippen molar-refractivity contribution in [3.8, 4) is 0 Å². The molecule has 1 fully saturated rings. The van der Waals surface area contributed by atoms with Crippen LogP contribution in [0, 0.1) is 13.8 Å². The Balaban J connectivity index is 1.56. The first-order valence-electron chi connectivity index (χ1n) is 8.81. The lowest BCUT2D eigenvalue weighted by Crippen LogP contribution is -2.44. The molecule has 1 saturated heterocycles. The minimum Gasteiger partial charge on any atom is -0.310 e. The van der Waals surface area contributed by atoms with Crippen LogP contribution in [0.1, 0.15) is 29.5 Å². The molecule has 2 aromatic carbocycles. The average Bonchev–Trinajstić information content (AvgIpc) is 2.62. The molecule has 0 amide bonds. The van der Waals surface area contributed by atoms with E-state index >= 15 is 0 Å². The number of nitrogens with zero attached hydrogens (tertiary/aromatic N) is 1. The fraction of sp³-hybridized carbons (Fsp3) is 0.400. The molecule has 0 aromatic heterocycles. The molecule has 3 rings (SSSR count). The van der Waals surface area contributed by atoms with Crippen LogP contribution in [0.15, 0.2) is 53.4 Å². The minimum absolute atomic E-state index is 0.365. The molecule has 0 saturated carbocycles. The van der Waals surface area contributed by atoms with Crippen molar-refractivity contribution in [2.24, 2.45) is 0 Å². The van der Waals surface area contributed by atoms with Crippen LogP contribution in [0.4, 0.5) is 0 Å². The summed E-state index contributed by atoms with van der Waals surface area (Å²) in [6.07, 6.45) is 1.69. The lowest BCUT2D eigenvalue weighted by atomic mass is 10.0. The van der Waals surface area contributed by atoms with E-state index in [9.17, 15) is 8.42 Å². The number of benzene rings is 2. The van der Waals surface area contributed by atoms with E-state index in [1.807, 2.05) is 25.1 Å². The summed E-state index contributed by atoms with van der Waals surface area (Å²) in [7, 11) is -3.37. The van der Waals surface area contributed by atoms with E-state index in [-0.39, 0.29) is 0 Å². The smallest absolute Gasteiger partial charge is 0.243 e. The van der Waals surface area contributed by atoms with Crippen molar-refractivity contribution >= 4 is 10.0 Å². The van der Waals surface area contributed by atoms with Crippen molar-refractivity contribution in [1.29, 1.82) is 0 Å². The third-order valence-electron chi connectivity index (χ3n) is 4.96. The van der Waals surface area contributed by atoms with Gasteiger partial charge < -0.3 is 5.32 Å². The van der Waals surface area contributed by atoms with Gasteiger partial charge in [0.15, 0.2) is 0 Å². The highest BCUT2D eigenvalue weighted by atomic mass is 32.2. The fourth-order valence-corrected chi connectivity index (χ4v) is 4.69. The van der Waals surface area contributed by atoms with Gasteiger partial charge in [0.2, 0.25) is 10.0 Å². The second-order valence-electron chi connectivity index (χ2n) is 6.80. The summed E-state index contributed by atoms with van der Waals surface area (Å²) in [5.41, 5.74) is 3.66. The maximum atomic E-state index is 12.7. The first-order chi connectivity index (χ1) is 12.0. The van der Waals surface area contributed by atoms with Crippen LogP contribution in [0.5, 0.6) is 0 Å². The second-order valence-corrected chi connectivity index (χ2v) is 8.74. The highest BCUT2D eigenvalue weighted by Gasteiger charge is 2.29. The largest absolute Gasteiger partial charge is 0.310 e. The van der Waals surface area contributed by atoms with E-state index in [1.54, 1.807) is 16.4 Å². The standard InChI is InChI=1S/C20H26N2O2S/c1-16-7-9-20(10-8-16)25(23,24)22-13-11-19(12-14-22)21-15-18-6-4-3-5-17(18)2/h3-10,19,21H,11-15H2,1-2H3. The second kappa shape index (κ2) is 7.68. The zero-order valence-corrected chi connectivity index (χ0v) is 15.7. The molecule has 0 aliphatic carbocycles. The Hall–Kier alpha value is -1.69. The predicted octanol–water partition coefficient (Wildman–Crippen LogP) is 3.25. The molecule has 5 heteroatoms. The van der Waals surface area contributed by atoms with Gasteiger partial charge in [-0.3, -0.25) is 0 Å². The molecular formula is C20H26N2O2S. The molecule has 0 bridgehead atoms. The van der Waals surface area contributed by atoms with Crippen molar-refractivity contribution in [2.75, 3.05) is 13.1 Å². The zero-order valence-electron chi connectivity index (χ0n) is 14.9.